The van der Waals surface area contributed by atoms with E-state index in [-0.39, 0.29) is 28.5 Å². The van der Waals surface area contributed by atoms with Gasteiger partial charge in [-0.3, -0.25) is 4.79 Å². The van der Waals surface area contributed by atoms with Crippen molar-refractivity contribution in [1.82, 2.24) is 0 Å². The van der Waals surface area contributed by atoms with Gasteiger partial charge in [0.25, 0.3) is 0 Å². The van der Waals surface area contributed by atoms with Crippen LogP contribution in [0.3, 0.4) is 0 Å². The van der Waals surface area contributed by atoms with Gasteiger partial charge in [0, 0.05) is 11.0 Å². The van der Waals surface area contributed by atoms with E-state index in [0.29, 0.717) is 23.8 Å². The van der Waals surface area contributed by atoms with Crippen molar-refractivity contribution in [3.05, 3.63) is 82.7 Å². The second kappa shape index (κ2) is 10.2. The third-order valence-corrected chi connectivity index (χ3v) is 10.1. The number of hydrogen-bond donors (Lipinski definition) is 0. The maximum absolute atomic E-state index is 15.1. The predicted molar refractivity (Wildman–Crippen MR) is 154 cm³/mol. The summed E-state index contributed by atoms with van der Waals surface area (Å²) in [6, 6.07) is 17.6. The molecule has 6 rings (SSSR count). The van der Waals surface area contributed by atoms with Crippen LogP contribution < -0.4 is 9.47 Å². The van der Waals surface area contributed by atoms with Crippen molar-refractivity contribution in [2.45, 2.75) is 76.7 Å². The van der Waals surface area contributed by atoms with Crippen molar-refractivity contribution in [2.24, 2.45) is 11.3 Å². The second-order valence-corrected chi connectivity index (χ2v) is 12.6. The maximum Gasteiger partial charge on any atom is 0.309 e. The van der Waals surface area contributed by atoms with Gasteiger partial charge < -0.3 is 14.2 Å². The summed E-state index contributed by atoms with van der Waals surface area (Å²) in [7, 11) is 3.10. The number of ether oxygens (including phenoxy) is 3. The molecular formula is C35H39FO4. The van der Waals surface area contributed by atoms with Crippen molar-refractivity contribution in [3.8, 4) is 22.6 Å². The van der Waals surface area contributed by atoms with E-state index in [1.807, 2.05) is 18.2 Å². The highest BCUT2D eigenvalue weighted by molar-refractivity contribution is 5.77. The predicted octanol–water partition coefficient (Wildman–Crippen LogP) is 8.14. The third-order valence-electron chi connectivity index (χ3n) is 10.1. The zero-order valence-electron chi connectivity index (χ0n) is 24.0. The first-order valence-corrected chi connectivity index (χ1v) is 14.6. The molecule has 0 amide bonds. The van der Waals surface area contributed by atoms with Crippen LogP contribution in [0.1, 0.15) is 80.5 Å². The summed E-state index contributed by atoms with van der Waals surface area (Å²) in [6.45, 7) is 5.07. The molecule has 3 aliphatic rings. The lowest BCUT2D eigenvalue weighted by atomic mass is 9.57. The molecule has 0 aromatic heterocycles. The minimum Gasteiger partial charge on any atom is -0.497 e. The highest BCUT2D eigenvalue weighted by atomic mass is 19.1. The molecule has 3 atom stereocenters. The number of carbonyl (C=O) groups excluding carboxylic acids is 1. The van der Waals surface area contributed by atoms with Crippen molar-refractivity contribution in [1.29, 1.82) is 0 Å². The summed E-state index contributed by atoms with van der Waals surface area (Å²) < 4.78 is 32.0. The Kier molecular flexibility index (Phi) is 6.88. The molecule has 210 valence electrons. The molecule has 0 N–H and O–H groups in total. The quantitative estimate of drug-likeness (QED) is 0.283. The second-order valence-electron chi connectivity index (χ2n) is 12.6. The van der Waals surface area contributed by atoms with Crippen molar-refractivity contribution < 1.29 is 23.4 Å². The van der Waals surface area contributed by atoms with Crippen LogP contribution in [0.15, 0.2) is 54.6 Å². The maximum atomic E-state index is 15.1. The van der Waals surface area contributed by atoms with E-state index in [4.69, 9.17) is 14.2 Å². The Labute approximate surface area is 236 Å². The number of benzene rings is 3. The SMILES string of the molecule is COC(=O)[C@H]1CC[C@]12CCc1ccc(OCc3ccc(-c4cc(OC)ccc4F)c([C@@H]4CCCC4(C)C)c3)cc12. The fourth-order valence-electron chi connectivity index (χ4n) is 7.71. The van der Waals surface area contributed by atoms with Crippen LogP contribution in [0.4, 0.5) is 4.39 Å². The van der Waals surface area contributed by atoms with E-state index < -0.39 is 0 Å². The van der Waals surface area contributed by atoms with Gasteiger partial charge in [-0.05, 0) is 108 Å². The first-order valence-electron chi connectivity index (χ1n) is 14.6. The Bertz CT molecular complexity index is 1440. The first-order chi connectivity index (χ1) is 19.3. The summed E-state index contributed by atoms with van der Waals surface area (Å²) in [6.07, 6.45) is 7.30. The van der Waals surface area contributed by atoms with Gasteiger partial charge in [-0.1, -0.05) is 44.5 Å². The number of carbonyl (C=O) groups is 1. The molecule has 0 heterocycles. The smallest absolute Gasteiger partial charge is 0.309 e. The zero-order chi connectivity index (χ0) is 28.1. The topological polar surface area (TPSA) is 44.8 Å². The van der Waals surface area contributed by atoms with Gasteiger partial charge in [0.15, 0.2) is 0 Å². The highest BCUT2D eigenvalue weighted by Crippen LogP contribution is 2.57. The average molecular weight is 543 g/mol. The van der Waals surface area contributed by atoms with Crippen LogP contribution in [0, 0.1) is 17.2 Å². The van der Waals surface area contributed by atoms with E-state index in [1.54, 1.807) is 19.2 Å². The van der Waals surface area contributed by atoms with Gasteiger partial charge in [0.05, 0.1) is 20.1 Å². The summed E-state index contributed by atoms with van der Waals surface area (Å²) >= 11 is 0. The van der Waals surface area contributed by atoms with Crippen LogP contribution in [0.25, 0.3) is 11.1 Å². The number of methoxy groups -OCH3 is 2. The number of fused-ring (bicyclic) bond motifs is 2. The largest absolute Gasteiger partial charge is 0.497 e. The minimum absolute atomic E-state index is 0.0594. The van der Waals surface area contributed by atoms with Crippen molar-refractivity contribution >= 4 is 5.97 Å². The fourth-order valence-corrected chi connectivity index (χ4v) is 7.71. The fraction of sp³-hybridized carbons (Fsp3) is 0.457. The Morgan fingerprint density at radius 1 is 0.925 bits per heavy atom. The molecule has 2 saturated carbocycles. The molecule has 40 heavy (non-hydrogen) atoms. The number of hydrogen-bond acceptors (Lipinski definition) is 4. The van der Waals surface area contributed by atoms with Crippen LogP contribution in [-0.2, 0) is 28.0 Å². The van der Waals surface area contributed by atoms with Gasteiger partial charge >= 0.3 is 5.97 Å². The monoisotopic (exact) mass is 542 g/mol. The Morgan fingerprint density at radius 2 is 1.75 bits per heavy atom. The number of aryl methyl sites for hydroxylation is 1. The molecule has 0 aliphatic heterocycles. The molecule has 0 bridgehead atoms. The van der Waals surface area contributed by atoms with Gasteiger partial charge in [-0.15, -0.1) is 0 Å². The van der Waals surface area contributed by atoms with Gasteiger partial charge in [-0.25, -0.2) is 4.39 Å². The molecule has 0 unspecified atom stereocenters. The Morgan fingerprint density at radius 3 is 2.45 bits per heavy atom. The molecule has 5 heteroatoms. The molecule has 3 aliphatic carbocycles. The average Bonchev–Trinajstić information content (AvgIpc) is 3.51. The summed E-state index contributed by atoms with van der Waals surface area (Å²) in [5, 5.41) is 0. The molecule has 3 aromatic carbocycles. The lowest BCUT2D eigenvalue weighted by Gasteiger charge is -2.46. The summed E-state index contributed by atoms with van der Waals surface area (Å²) in [4.78, 5) is 12.5. The Hall–Kier alpha value is -3.34. The zero-order valence-corrected chi connectivity index (χ0v) is 24.0. The van der Waals surface area contributed by atoms with E-state index in [0.717, 1.165) is 55.4 Å². The lowest BCUT2D eigenvalue weighted by molar-refractivity contribution is -0.153. The van der Waals surface area contributed by atoms with Crippen molar-refractivity contribution in [2.75, 3.05) is 14.2 Å². The van der Waals surface area contributed by atoms with Gasteiger partial charge in [0.1, 0.15) is 23.9 Å². The first kappa shape index (κ1) is 26.9. The highest BCUT2D eigenvalue weighted by Gasteiger charge is 2.55. The van der Waals surface area contributed by atoms with Crippen molar-refractivity contribution in [3.63, 3.8) is 0 Å². The molecule has 2 fully saturated rings. The summed E-state index contributed by atoms with van der Waals surface area (Å²) in [5.74, 6) is 1.41. The normalized spacial score (nSPS) is 24.4. The van der Waals surface area contributed by atoms with E-state index in [1.165, 1.54) is 36.3 Å². The number of rotatable bonds is 7. The number of esters is 1. The minimum atomic E-state index is -0.241. The number of halogens is 1. The van der Waals surface area contributed by atoms with Crippen LogP contribution in [0.2, 0.25) is 0 Å². The van der Waals surface area contributed by atoms with Gasteiger partial charge in [-0.2, -0.15) is 0 Å². The molecular weight excluding hydrogens is 503 g/mol. The molecule has 0 radical (unpaired) electrons. The Balaban J connectivity index is 1.30. The van der Waals surface area contributed by atoms with Gasteiger partial charge in [0.2, 0.25) is 0 Å². The van der Waals surface area contributed by atoms with Crippen LogP contribution in [-0.4, -0.2) is 20.2 Å². The molecule has 0 saturated heterocycles. The molecule has 3 aromatic rings. The van der Waals surface area contributed by atoms with E-state index in [2.05, 4.69) is 32.0 Å². The molecule has 1 spiro atoms. The van der Waals surface area contributed by atoms with Crippen LogP contribution >= 0.6 is 0 Å². The van der Waals surface area contributed by atoms with Crippen LogP contribution in [0.5, 0.6) is 11.5 Å². The molecule has 4 nitrogen and oxygen atoms in total. The standard InChI is InChI=1S/C35H39FO4/c1-34(2)15-5-6-29(34)27-18-22(7-11-26(27)28-19-24(38-3)10-12-32(28)36)21-40-25-9-8-23-13-16-35(31(23)20-25)17-14-30(35)33(37)39-4/h7-12,18-20,29-30H,5-6,13-17,21H2,1-4H3/t29-,30+,35+/m0/s1. The summed E-state index contributed by atoms with van der Waals surface area (Å²) in [5.41, 5.74) is 6.35. The lowest BCUT2D eigenvalue weighted by Crippen LogP contribution is -2.47. The van der Waals surface area contributed by atoms with E-state index >= 15 is 4.39 Å². The third kappa shape index (κ3) is 4.48. The van der Waals surface area contributed by atoms with E-state index in [9.17, 15) is 4.79 Å².